The lowest BCUT2D eigenvalue weighted by molar-refractivity contribution is -0.137. The van der Waals surface area contributed by atoms with Gasteiger partial charge in [-0.3, -0.25) is 0 Å². The van der Waals surface area contributed by atoms with Gasteiger partial charge in [-0.25, -0.2) is 13.1 Å². The lowest BCUT2D eigenvalue weighted by Crippen LogP contribution is -2.25. The molecule has 1 N–H and O–H groups in total. The molecule has 0 spiro atoms. The number of benzene rings is 2. The first kappa shape index (κ1) is 20.3. The zero-order chi connectivity index (χ0) is 19.7. The maximum absolute atomic E-state index is 12.8. The summed E-state index contributed by atoms with van der Waals surface area (Å²) in [6.45, 7) is 4.83. The third-order valence-corrected chi connectivity index (χ3v) is 5.88. The number of hydrogen-bond donors (Lipinski definition) is 1. The van der Waals surface area contributed by atoms with E-state index in [1.165, 1.54) is 19.2 Å². The number of rotatable bonds is 5. The van der Waals surface area contributed by atoms with Crippen molar-refractivity contribution in [3.8, 4) is 5.75 Å². The van der Waals surface area contributed by atoms with Crippen molar-refractivity contribution in [1.29, 1.82) is 0 Å². The van der Waals surface area contributed by atoms with E-state index in [9.17, 15) is 21.6 Å². The van der Waals surface area contributed by atoms with E-state index in [0.717, 1.165) is 12.1 Å². The second-order valence-electron chi connectivity index (χ2n) is 6.00. The van der Waals surface area contributed by atoms with Gasteiger partial charge in [0.15, 0.2) is 0 Å². The molecule has 2 aromatic rings. The summed E-state index contributed by atoms with van der Waals surface area (Å²) < 4.78 is 71.4. The molecule has 4 nitrogen and oxygen atoms in total. The van der Waals surface area contributed by atoms with E-state index >= 15 is 0 Å². The van der Waals surface area contributed by atoms with Crippen molar-refractivity contribution >= 4 is 10.0 Å². The number of ether oxygens (including phenoxy) is 1. The van der Waals surface area contributed by atoms with Crippen LogP contribution in [0.25, 0.3) is 0 Å². The van der Waals surface area contributed by atoms with Crippen molar-refractivity contribution in [3.05, 3.63) is 58.1 Å². The number of methoxy groups -OCH3 is 1. The van der Waals surface area contributed by atoms with E-state index in [-0.39, 0.29) is 17.0 Å². The molecule has 2 rings (SSSR count). The van der Waals surface area contributed by atoms with Crippen molar-refractivity contribution in [2.75, 3.05) is 7.11 Å². The predicted octanol–water partition coefficient (Wildman–Crippen LogP) is 4.12. The summed E-state index contributed by atoms with van der Waals surface area (Å²) in [5.74, 6) is 0.580. The Morgan fingerprint density at radius 1 is 1.08 bits per heavy atom. The van der Waals surface area contributed by atoms with Crippen LogP contribution in [0.15, 0.2) is 35.2 Å². The van der Waals surface area contributed by atoms with E-state index in [1.54, 1.807) is 26.8 Å². The standard InChI is InChI=1S/C18H20F3NO3S/c1-11-8-16(25-4)12(2)13(3)17(11)26(23,24)22-10-14-6-5-7-15(9-14)18(19,20)21/h5-9,22H,10H2,1-4H3. The fraction of sp³-hybridized carbons (Fsp3) is 0.333. The second kappa shape index (κ2) is 7.28. The molecule has 0 saturated heterocycles. The molecular weight excluding hydrogens is 367 g/mol. The normalized spacial score (nSPS) is 12.3. The predicted molar refractivity (Wildman–Crippen MR) is 92.7 cm³/mol. The van der Waals surface area contributed by atoms with Crippen molar-refractivity contribution in [1.82, 2.24) is 4.72 Å². The minimum Gasteiger partial charge on any atom is -0.496 e. The van der Waals surface area contributed by atoms with Crippen molar-refractivity contribution in [3.63, 3.8) is 0 Å². The Labute approximate surface area is 151 Å². The number of hydrogen-bond acceptors (Lipinski definition) is 3. The Morgan fingerprint density at radius 2 is 1.73 bits per heavy atom. The van der Waals surface area contributed by atoms with Crippen LogP contribution in [0.3, 0.4) is 0 Å². The molecule has 0 aromatic heterocycles. The summed E-state index contributed by atoms with van der Waals surface area (Å²) in [6, 6.07) is 6.19. The smallest absolute Gasteiger partial charge is 0.416 e. The molecule has 0 atom stereocenters. The highest BCUT2D eigenvalue weighted by Gasteiger charge is 2.30. The molecule has 26 heavy (non-hydrogen) atoms. The van der Waals surface area contributed by atoms with Crippen LogP contribution in [0.1, 0.15) is 27.8 Å². The third kappa shape index (κ3) is 4.19. The highest BCUT2D eigenvalue weighted by Crippen LogP contribution is 2.31. The Hall–Kier alpha value is -2.06. The summed E-state index contributed by atoms with van der Waals surface area (Å²) in [4.78, 5) is 0.114. The maximum atomic E-state index is 12.8. The summed E-state index contributed by atoms with van der Waals surface area (Å²) in [7, 11) is -2.40. The van der Waals surface area contributed by atoms with Gasteiger partial charge in [0.1, 0.15) is 5.75 Å². The number of halogens is 3. The second-order valence-corrected chi connectivity index (χ2v) is 7.70. The first-order chi connectivity index (χ1) is 12.0. The molecule has 0 fully saturated rings. The first-order valence-electron chi connectivity index (χ1n) is 7.78. The molecule has 142 valence electrons. The highest BCUT2D eigenvalue weighted by atomic mass is 32.2. The Morgan fingerprint density at radius 3 is 2.31 bits per heavy atom. The van der Waals surface area contributed by atoms with E-state index in [1.807, 2.05) is 0 Å². The average molecular weight is 387 g/mol. The zero-order valence-electron chi connectivity index (χ0n) is 14.9. The molecule has 0 heterocycles. The average Bonchev–Trinajstić information content (AvgIpc) is 2.55. The number of sulfonamides is 1. The summed E-state index contributed by atoms with van der Waals surface area (Å²) >= 11 is 0. The van der Waals surface area contributed by atoms with Crippen LogP contribution in [-0.4, -0.2) is 15.5 Å². The molecule has 0 aliphatic heterocycles. The van der Waals surface area contributed by atoms with Gasteiger partial charge in [0.2, 0.25) is 10.0 Å². The van der Waals surface area contributed by atoms with Crippen LogP contribution < -0.4 is 9.46 Å². The summed E-state index contributed by atoms with van der Waals surface area (Å²) in [5.41, 5.74) is 1.14. The van der Waals surface area contributed by atoms with Crippen LogP contribution in [0.5, 0.6) is 5.75 Å². The fourth-order valence-electron chi connectivity index (χ4n) is 2.75. The SMILES string of the molecule is COc1cc(C)c(S(=O)(=O)NCc2cccc(C(F)(F)F)c2)c(C)c1C. The fourth-order valence-corrected chi connectivity index (χ4v) is 4.29. The quantitative estimate of drug-likeness (QED) is 0.840. The monoisotopic (exact) mass is 387 g/mol. The van der Waals surface area contributed by atoms with Crippen molar-refractivity contribution in [2.24, 2.45) is 0 Å². The van der Waals surface area contributed by atoms with Gasteiger partial charge >= 0.3 is 6.18 Å². The largest absolute Gasteiger partial charge is 0.496 e. The number of aryl methyl sites for hydroxylation is 1. The van der Waals surface area contributed by atoms with Gasteiger partial charge in [0, 0.05) is 6.54 Å². The van der Waals surface area contributed by atoms with Crippen LogP contribution in [0.4, 0.5) is 13.2 Å². The Balaban J connectivity index is 2.32. The molecule has 0 radical (unpaired) electrons. The lowest BCUT2D eigenvalue weighted by atomic mass is 10.1. The number of alkyl halides is 3. The van der Waals surface area contributed by atoms with E-state index in [2.05, 4.69) is 4.72 Å². The minimum atomic E-state index is -4.48. The Kier molecular flexibility index (Phi) is 5.67. The molecule has 2 aromatic carbocycles. The van der Waals surface area contributed by atoms with Gasteiger partial charge in [-0.1, -0.05) is 18.2 Å². The molecule has 0 saturated carbocycles. The summed E-state index contributed by atoms with van der Waals surface area (Å²) in [5, 5.41) is 0. The summed E-state index contributed by atoms with van der Waals surface area (Å²) in [6.07, 6.45) is -4.48. The Bertz CT molecular complexity index is 922. The molecule has 0 aliphatic rings. The zero-order valence-corrected chi connectivity index (χ0v) is 15.7. The number of nitrogens with one attached hydrogen (secondary N) is 1. The highest BCUT2D eigenvalue weighted by molar-refractivity contribution is 7.89. The van der Waals surface area contributed by atoms with Gasteiger partial charge in [-0.2, -0.15) is 13.2 Å². The van der Waals surface area contributed by atoms with E-state index < -0.39 is 21.8 Å². The minimum absolute atomic E-state index is 0.114. The maximum Gasteiger partial charge on any atom is 0.416 e. The first-order valence-corrected chi connectivity index (χ1v) is 9.26. The molecule has 8 heteroatoms. The molecule has 0 aliphatic carbocycles. The van der Waals surface area contributed by atoms with Gasteiger partial charge in [0.05, 0.1) is 17.6 Å². The van der Waals surface area contributed by atoms with Crippen LogP contribution in [0.2, 0.25) is 0 Å². The van der Waals surface area contributed by atoms with Gasteiger partial charge in [-0.05, 0) is 55.2 Å². The van der Waals surface area contributed by atoms with Gasteiger partial charge < -0.3 is 4.74 Å². The van der Waals surface area contributed by atoms with Crippen LogP contribution in [-0.2, 0) is 22.7 Å². The topological polar surface area (TPSA) is 55.4 Å². The third-order valence-electron chi connectivity index (χ3n) is 4.19. The van der Waals surface area contributed by atoms with Crippen molar-refractivity contribution in [2.45, 2.75) is 38.4 Å². The van der Waals surface area contributed by atoms with Crippen LogP contribution in [0, 0.1) is 20.8 Å². The van der Waals surface area contributed by atoms with E-state index in [0.29, 0.717) is 22.4 Å². The molecular formula is C18H20F3NO3S. The van der Waals surface area contributed by atoms with E-state index in [4.69, 9.17) is 4.74 Å². The van der Waals surface area contributed by atoms with Gasteiger partial charge in [0.25, 0.3) is 0 Å². The lowest BCUT2D eigenvalue weighted by Gasteiger charge is -2.17. The molecule has 0 unspecified atom stereocenters. The molecule has 0 amide bonds. The van der Waals surface area contributed by atoms with Gasteiger partial charge in [-0.15, -0.1) is 0 Å². The van der Waals surface area contributed by atoms with Crippen LogP contribution >= 0.6 is 0 Å². The molecule has 0 bridgehead atoms. The van der Waals surface area contributed by atoms with Crippen molar-refractivity contribution < 1.29 is 26.3 Å².